The summed E-state index contributed by atoms with van der Waals surface area (Å²) < 4.78 is 17.5. The molecule has 0 bridgehead atoms. The predicted octanol–water partition coefficient (Wildman–Crippen LogP) is 2.13. The second kappa shape index (κ2) is 5.03. The van der Waals surface area contributed by atoms with Gasteiger partial charge in [-0.05, 0) is 48.6 Å². The highest BCUT2D eigenvalue weighted by Crippen LogP contribution is 2.21. The van der Waals surface area contributed by atoms with Gasteiger partial charge in [0, 0.05) is 6.54 Å². The highest BCUT2D eigenvalue weighted by Gasteiger charge is 2.32. The maximum Gasteiger partial charge on any atom is 0.164 e. The van der Waals surface area contributed by atoms with Gasteiger partial charge in [-0.1, -0.05) is 0 Å². The molecule has 1 aromatic heterocycles. The van der Waals surface area contributed by atoms with Crippen LogP contribution in [0, 0.1) is 3.77 Å². The first-order valence-corrected chi connectivity index (χ1v) is 6.40. The first-order chi connectivity index (χ1) is 7.55. The average molecular weight is 337 g/mol. The fourth-order valence-corrected chi connectivity index (χ4v) is 2.13. The average Bonchev–Trinajstić information content (AvgIpc) is 2.73. The molecule has 1 fully saturated rings. The summed E-state index contributed by atoms with van der Waals surface area (Å²) in [5, 5.41) is 3.29. The van der Waals surface area contributed by atoms with Crippen molar-refractivity contribution < 1.29 is 13.9 Å². The first-order valence-electron chi connectivity index (χ1n) is 5.32. The van der Waals surface area contributed by atoms with Gasteiger partial charge in [0.25, 0.3) is 0 Å². The number of halogens is 1. The SMILES string of the molecule is CC1(C)OCC(CNCc2ccc(I)o2)O1. The van der Waals surface area contributed by atoms with Crippen LogP contribution in [0.15, 0.2) is 16.5 Å². The van der Waals surface area contributed by atoms with Crippen molar-refractivity contribution in [3.05, 3.63) is 21.7 Å². The van der Waals surface area contributed by atoms with Crippen molar-refractivity contribution in [3.63, 3.8) is 0 Å². The van der Waals surface area contributed by atoms with E-state index in [4.69, 9.17) is 13.9 Å². The topological polar surface area (TPSA) is 43.6 Å². The molecule has 2 heterocycles. The molecule has 0 aliphatic carbocycles. The van der Waals surface area contributed by atoms with E-state index in [0.29, 0.717) is 6.61 Å². The Kier molecular flexibility index (Phi) is 3.89. The molecule has 1 atom stereocenters. The fourth-order valence-electron chi connectivity index (χ4n) is 1.67. The Hall–Kier alpha value is -0.110. The number of nitrogens with one attached hydrogen (secondary N) is 1. The predicted molar refractivity (Wildman–Crippen MR) is 68.0 cm³/mol. The van der Waals surface area contributed by atoms with E-state index < -0.39 is 5.79 Å². The Balaban J connectivity index is 1.69. The minimum Gasteiger partial charge on any atom is -0.454 e. The Morgan fingerprint density at radius 2 is 2.31 bits per heavy atom. The molecule has 1 aliphatic rings. The fraction of sp³-hybridized carbons (Fsp3) is 0.636. The molecule has 1 unspecified atom stereocenters. The van der Waals surface area contributed by atoms with Gasteiger partial charge in [-0.2, -0.15) is 0 Å². The van der Waals surface area contributed by atoms with Crippen LogP contribution in [0.4, 0.5) is 0 Å². The van der Waals surface area contributed by atoms with Crippen molar-refractivity contribution in [1.82, 2.24) is 5.32 Å². The van der Waals surface area contributed by atoms with E-state index in [1.807, 2.05) is 26.0 Å². The minimum atomic E-state index is -0.438. The van der Waals surface area contributed by atoms with Crippen LogP contribution in [0.2, 0.25) is 0 Å². The molecule has 0 spiro atoms. The highest BCUT2D eigenvalue weighted by molar-refractivity contribution is 14.1. The van der Waals surface area contributed by atoms with Crippen LogP contribution in [0.3, 0.4) is 0 Å². The number of hydrogen-bond donors (Lipinski definition) is 1. The van der Waals surface area contributed by atoms with Gasteiger partial charge >= 0.3 is 0 Å². The van der Waals surface area contributed by atoms with E-state index in [2.05, 4.69) is 27.9 Å². The van der Waals surface area contributed by atoms with Crippen LogP contribution in [-0.2, 0) is 16.0 Å². The highest BCUT2D eigenvalue weighted by atomic mass is 127. The second-order valence-electron chi connectivity index (χ2n) is 4.29. The third-order valence-corrected chi connectivity index (χ3v) is 2.95. The molecule has 1 aromatic rings. The van der Waals surface area contributed by atoms with Crippen molar-refractivity contribution in [2.24, 2.45) is 0 Å². The summed E-state index contributed by atoms with van der Waals surface area (Å²) >= 11 is 2.16. The zero-order valence-electron chi connectivity index (χ0n) is 9.46. The summed E-state index contributed by atoms with van der Waals surface area (Å²) in [4.78, 5) is 0. The molecule has 1 aliphatic heterocycles. The van der Waals surface area contributed by atoms with Gasteiger partial charge in [-0.25, -0.2) is 0 Å². The van der Waals surface area contributed by atoms with Crippen LogP contribution in [-0.4, -0.2) is 25.0 Å². The molecule has 1 saturated heterocycles. The summed E-state index contributed by atoms with van der Waals surface area (Å²) in [7, 11) is 0. The molecule has 16 heavy (non-hydrogen) atoms. The summed E-state index contributed by atoms with van der Waals surface area (Å²) in [6.07, 6.45) is 0.129. The lowest BCUT2D eigenvalue weighted by molar-refractivity contribution is -0.137. The normalized spacial score (nSPS) is 23.8. The molecule has 0 saturated carbocycles. The minimum absolute atomic E-state index is 0.129. The summed E-state index contributed by atoms with van der Waals surface area (Å²) in [6.45, 7) is 6.02. The third-order valence-electron chi connectivity index (χ3n) is 2.37. The molecular weight excluding hydrogens is 321 g/mol. The molecule has 0 amide bonds. The van der Waals surface area contributed by atoms with E-state index in [1.54, 1.807) is 0 Å². The molecule has 1 N–H and O–H groups in total. The van der Waals surface area contributed by atoms with Crippen LogP contribution >= 0.6 is 22.6 Å². The third kappa shape index (κ3) is 3.44. The second-order valence-corrected chi connectivity index (χ2v) is 5.35. The van der Waals surface area contributed by atoms with Gasteiger partial charge < -0.3 is 19.2 Å². The van der Waals surface area contributed by atoms with Crippen molar-refractivity contribution in [2.75, 3.05) is 13.2 Å². The molecule has 2 rings (SSSR count). The summed E-state index contributed by atoms with van der Waals surface area (Å²) in [6, 6.07) is 3.93. The number of ether oxygens (including phenoxy) is 2. The van der Waals surface area contributed by atoms with Gasteiger partial charge in [0.05, 0.1) is 19.3 Å². The van der Waals surface area contributed by atoms with E-state index in [1.165, 1.54) is 0 Å². The smallest absolute Gasteiger partial charge is 0.164 e. The van der Waals surface area contributed by atoms with Gasteiger partial charge in [0.2, 0.25) is 0 Å². The lowest BCUT2D eigenvalue weighted by Crippen LogP contribution is -2.30. The Morgan fingerprint density at radius 1 is 1.50 bits per heavy atom. The van der Waals surface area contributed by atoms with Crippen LogP contribution < -0.4 is 5.32 Å². The maximum absolute atomic E-state index is 5.68. The molecule has 0 aromatic carbocycles. The maximum atomic E-state index is 5.68. The van der Waals surface area contributed by atoms with Crippen LogP contribution in [0.5, 0.6) is 0 Å². The van der Waals surface area contributed by atoms with Crippen molar-refractivity contribution in [2.45, 2.75) is 32.3 Å². The van der Waals surface area contributed by atoms with Gasteiger partial charge in [0.15, 0.2) is 9.55 Å². The lowest BCUT2D eigenvalue weighted by Gasteiger charge is -2.17. The zero-order valence-corrected chi connectivity index (χ0v) is 11.6. The van der Waals surface area contributed by atoms with E-state index in [9.17, 15) is 0 Å². The monoisotopic (exact) mass is 337 g/mol. The lowest BCUT2D eigenvalue weighted by atomic mass is 10.3. The van der Waals surface area contributed by atoms with Crippen molar-refractivity contribution in [3.8, 4) is 0 Å². The molecule has 90 valence electrons. The van der Waals surface area contributed by atoms with E-state index in [-0.39, 0.29) is 6.10 Å². The van der Waals surface area contributed by atoms with Gasteiger partial charge in [-0.15, -0.1) is 0 Å². The number of furan rings is 1. The Morgan fingerprint density at radius 3 is 2.88 bits per heavy atom. The molecule has 0 radical (unpaired) electrons. The molecule has 5 heteroatoms. The van der Waals surface area contributed by atoms with Crippen molar-refractivity contribution in [1.29, 1.82) is 0 Å². The first kappa shape index (κ1) is 12.3. The van der Waals surface area contributed by atoms with Crippen molar-refractivity contribution >= 4 is 22.6 Å². The molecule has 4 nitrogen and oxygen atoms in total. The summed E-state index contributed by atoms with van der Waals surface area (Å²) in [5.41, 5.74) is 0. The zero-order chi connectivity index (χ0) is 11.6. The van der Waals surface area contributed by atoms with E-state index in [0.717, 1.165) is 22.6 Å². The molecular formula is C11H16INO3. The Bertz CT molecular complexity index is 351. The van der Waals surface area contributed by atoms with Crippen LogP contribution in [0.1, 0.15) is 19.6 Å². The number of hydrogen-bond acceptors (Lipinski definition) is 4. The standard InChI is InChI=1S/C11H16INO3/c1-11(2)14-7-9(16-11)6-13-5-8-3-4-10(12)15-8/h3-4,9,13H,5-7H2,1-2H3. The largest absolute Gasteiger partial charge is 0.454 e. The number of rotatable bonds is 4. The van der Waals surface area contributed by atoms with Gasteiger partial charge in [0.1, 0.15) is 5.76 Å². The van der Waals surface area contributed by atoms with Gasteiger partial charge in [-0.3, -0.25) is 0 Å². The van der Waals surface area contributed by atoms with E-state index >= 15 is 0 Å². The summed E-state index contributed by atoms with van der Waals surface area (Å²) in [5.74, 6) is 0.509. The quantitative estimate of drug-likeness (QED) is 0.855. The Labute approximate surface area is 109 Å². The van der Waals surface area contributed by atoms with Crippen LogP contribution in [0.25, 0.3) is 0 Å².